The van der Waals surface area contributed by atoms with E-state index >= 15 is 0 Å². The van der Waals surface area contributed by atoms with Crippen molar-refractivity contribution >= 4 is 11.6 Å². The number of aromatic nitrogens is 2. The molecular formula is C13H12F2N4O. The maximum absolute atomic E-state index is 13.5. The fraction of sp³-hybridized carbons (Fsp3) is 0.231. The Morgan fingerprint density at radius 1 is 1.35 bits per heavy atom. The van der Waals surface area contributed by atoms with Gasteiger partial charge in [0, 0.05) is 36.8 Å². The highest BCUT2D eigenvalue weighted by atomic mass is 19.1. The molecule has 104 valence electrons. The van der Waals surface area contributed by atoms with Crippen LogP contribution in [0.1, 0.15) is 21.7 Å². The molecule has 2 aromatic rings. The number of halogens is 2. The van der Waals surface area contributed by atoms with E-state index in [1.54, 1.807) is 0 Å². The van der Waals surface area contributed by atoms with Crippen LogP contribution in [0.3, 0.4) is 0 Å². The SMILES string of the molecule is O=C(Nc1ccc(F)cc1F)c1n[nH]c2c1CNCC2. The molecule has 1 aromatic carbocycles. The molecule has 0 atom stereocenters. The topological polar surface area (TPSA) is 69.8 Å². The van der Waals surface area contributed by atoms with E-state index in [9.17, 15) is 13.6 Å². The first-order valence-electron chi connectivity index (χ1n) is 6.18. The first-order valence-corrected chi connectivity index (χ1v) is 6.18. The second-order valence-electron chi connectivity index (χ2n) is 4.53. The van der Waals surface area contributed by atoms with Gasteiger partial charge in [-0.05, 0) is 12.1 Å². The minimum atomic E-state index is -0.819. The fourth-order valence-electron chi connectivity index (χ4n) is 2.19. The number of nitrogens with zero attached hydrogens (tertiary/aromatic N) is 1. The van der Waals surface area contributed by atoms with Crippen molar-refractivity contribution in [2.24, 2.45) is 0 Å². The summed E-state index contributed by atoms with van der Waals surface area (Å²) in [5.74, 6) is -2.03. The lowest BCUT2D eigenvalue weighted by Crippen LogP contribution is -2.25. The van der Waals surface area contributed by atoms with Crippen molar-refractivity contribution in [1.29, 1.82) is 0 Å². The Kier molecular flexibility index (Phi) is 3.19. The van der Waals surface area contributed by atoms with Crippen LogP contribution in [0, 0.1) is 11.6 Å². The standard InChI is InChI=1S/C13H12F2N4O/c14-7-1-2-11(9(15)5-7)17-13(20)12-8-6-16-4-3-10(8)18-19-12/h1-2,5,16H,3-4,6H2,(H,17,20)(H,18,19). The van der Waals surface area contributed by atoms with Crippen molar-refractivity contribution < 1.29 is 13.6 Å². The largest absolute Gasteiger partial charge is 0.318 e. The summed E-state index contributed by atoms with van der Waals surface area (Å²) in [4.78, 5) is 12.1. The number of nitrogens with one attached hydrogen (secondary N) is 3. The van der Waals surface area contributed by atoms with E-state index in [0.29, 0.717) is 6.54 Å². The van der Waals surface area contributed by atoms with Crippen molar-refractivity contribution in [2.75, 3.05) is 11.9 Å². The van der Waals surface area contributed by atoms with Gasteiger partial charge in [0.2, 0.25) is 0 Å². The molecule has 20 heavy (non-hydrogen) atoms. The van der Waals surface area contributed by atoms with Gasteiger partial charge in [-0.1, -0.05) is 0 Å². The molecule has 1 amide bonds. The zero-order valence-electron chi connectivity index (χ0n) is 10.5. The Labute approximate surface area is 113 Å². The Morgan fingerprint density at radius 2 is 2.20 bits per heavy atom. The third-order valence-corrected chi connectivity index (χ3v) is 3.20. The monoisotopic (exact) mass is 278 g/mol. The third-order valence-electron chi connectivity index (χ3n) is 3.20. The number of fused-ring (bicyclic) bond motifs is 1. The molecule has 7 heteroatoms. The first-order chi connectivity index (χ1) is 9.65. The Morgan fingerprint density at radius 3 is 3.00 bits per heavy atom. The van der Waals surface area contributed by atoms with Gasteiger partial charge in [-0.15, -0.1) is 0 Å². The van der Waals surface area contributed by atoms with Crippen LogP contribution >= 0.6 is 0 Å². The molecule has 2 heterocycles. The minimum absolute atomic E-state index is 0.0723. The van der Waals surface area contributed by atoms with Crippen LogP contribution in [0.5, 0.6) is 0 Å². The van der Waals surface area contributed by atoms with E-state index in [1.165, 1.54) is 6.07 Å². The maximum Gasteiger partial charge on any atom is 0.276 e. The van der Waals surface area contributed by atoms with E-state index in [1.807, 2.05) is 0 Å². The van der Waals surface area contributed by atoms with Gasteiger partial charge in [-0.25, -0.2) is 8.78 Å². The van der Waals surface area contributed by atoms with Gasteiger partial charge in [0.25, 0.3) is 5.91 Å². The second kappa shape index (κ2) is 5.01. The molecule has 0 saturated heterocycles. The smallest absolute Gasteiger partial charge is 0.276 e. The van der Waals surface area contributed by atoms with Crippen molar-refractivity contribution in [3.05, 3.63) is 46.8 Å². The highest BCUT2D eigenvalue weighted by Crippen LogP contribution is 2.19. The summed E-state index contributed by atoms with van der Waals surface area (Å²) in [5.41, 5.74) is 1.86. The van der Waals surface area contributed by atoms with Crippen LogP contribution in [0.4, 0.5) is 14.5 Å². The zero-order valence-corrected chi connectivity index (χ0v) is 10.5. The van der Waals surface area contributed by atoms with E-state index < -0.39 is 17.5 Å². The van der Waals surface area contributed by atoms with Gasteiger partial charge >= 0.3 is 0 Å². The molecule has 5 nitrogen and oxygen atoms in total. The minimum Gasteiger partial charge on any atom is -0.318 e. The number of benzene rings is 1. The van der Waals surface area contributed by atoms with Crippen LogP contribution in [-0.2, 0) is 13.0 Å². The Bertz CT molecular complexity index is 668. The number of H-pyrrole nitrogens is 1. The van der Waals surface area contributed by atoms with Gasteiger partial charge in [-0.2, -0.15) is 5.10 Å². The number of anilines is 1. The van der Waals surface area contributed by atoms with Crippen LogP contribution in [0.2, 0.25) is 0 Å². The number of carbonyl (C=O) groups is 1. The summed E-state index contributed by atoms with van der Waals surface area (Å²) in [6.45, 7) is 1.36. The molecule has 0 aliphatic carbocycles. The van der Waals surface area contributed by atoms with Gasteiger partial charge in [0.1, 0.15) is 11.6 Å². The third kappa shape index (κ3) is 2.27. The van der Waals surface area contributed by atoms with E-state index in [2.05, 4.69) is 20.8 Å². The average molecular weight is 278 g/mol. The van der Waals surface area contributed by atoms with Gasteiger partial charge < -0.3 is 10.6 Å². The highest BCUT2D eigenvalue weighted by molar-refractivity contribution is 6.04. The number of amides is 1. The van der Waals surface area contributed by atoms with E-state index in [-0.39, 0.29) is 11.4 Å². The van der Waals surface area contributed by atoms with Crippen LogP contribution in [0.15, 0.2) is 18.2 Å². The number of hydrogen-bond donors (Lipinski definition) is 3. The summed E-state index contributed by atoms with van der Waals surface area (Å²) in [6.07, 6.45) is 0.764. The average Bonchev–Trinajstić information content (AvgIpc) is 2.86. The summed E-state index contributed by atoms with van der Waals surface area (Å²) in [6, 6.07) is 2.98. The number of aromatic amines is 1. The van der Waals surface area contributed by atoms with Gasteiger partial charge in [-0.3, -0.25) is 9.89 Å². The normalized spacial score (nSPS) is 13.9. The summed E-state index contributed by atoms with van der Waals surface area (Å²) >= 11 is 0. The molecule has 0 saturated carbocycles. The first kappa shape index (κ1) is 12.7. The maximum atomic E-state index is 13.5. The summed E-state index contributed by atoms with van der Waals surface area (Å²) in [5, 5.41) is 12.3. The predicted octanol–water partition coefficient (Wildman–Crippen LogP) is 1.59. The molecule has 1 aliphatic heterocycles. The van der Waals surface area contributed by atoms with E-state index in [4.69, 9.17) is 0 Å². The number of carbonyl (C=O) groups excluding carboxylic acids is 1. The lowest BCUT2D eigenvalue weighted by Gasteiger charge is -2.13. The molecule has 0 spiro atoms. The molecule has 0 fully saturated rings. The summed E-state index contributed by atoms with van der Waals surface area (Å²) in [7, 11) is 0. The molecule has 3 N–H and O–H groups in total. The quantitative estimate of drug-likeness (QED) is 0.781. The Balaban J connectivity index is 1.84. The lowest BCUT2D eigenvalue weighted by atomic mass is 10.1. The molecular weight excluding hydrogens is 266 g/mol. The van der Waals surface area contributed by atoms with Crippen LogP contribution < -0.4 is 10.6 Å². The van der Waals surface area contributed by atoms with Crippen molar-refractivity contribution in [2.45, 2.75) is 13.0 Å². The predicted molar refractivity (Wildman–Crippen MR) is 68.3 cm³/mol. The van der Waals surface area contributed by atoms with Gasteiger partial charge in [0.05, 0.1) is 5.69 Å². The number of hydrogen-bond acceptors (Lipinski definition) is 3. The molecule has 1 aromatic heterocycles. The van der Waals surface area contributed by atoms with E-state index in [0.717, 1.165) is 36.4 Å². The van der Waals surface area contributed by atoms with Crippen LogP contribution in [-0.4, -0.2) is 22.6 Å². The van der Waals surface area contributed by atoms with Crippen molar-refractivity contribution in [3.8, 4) is 0 Å². The Hall–Kier alpha value is -2.28. The zero-order chi connectivity index (χ0) is 14.1. The summed E-state index contributed by atoms with van der Waals surface area (Å²) < 4.78 is 26.3. The molecule has 0 radical (unpaired) electrons. The fourth-order valence-corrected chi connectivity index (χ4v) is 2.19. The van der Waals surface area contributed by atoms with Crippen molar-refractivity contribution in [3.63, 3.8) is 0 Å². The van der Waals surface area contributed by atoms with Crippen molar-refractivity contribution in [1.82, 2.24) is 15.5 Å². The molecule has 0 bridgehead atoms. The second-order valence-corrected chi connectivity index (χ2v) is 4.53. The highest BCUT2D eigenvalue weighted by Gasteiger charge is 2.22. The number of rotatable bonds is 2. The molecule has 3 rings (SSSR count). The van der Waals surface area contributed by atoms with Gasteiger partial charge in [0.15, 0.2) is 5.69 Å². The molecule has 0 unspecified atom stereocenters. The molecule has 1 aliphatic rings. The lowest BCUT2D eigenvalue weighted by molar-refractivity contribution is 0.102. The van der Waals surface area contributed by atoms with Crippen LogP contribution in [0.25, 0.3) is 0 Å².